The fourth-order valence-corrected chi connectivity index (χ4v) is 3.04. The van der Waals surface area contributed by atoms with Crippen LogP contribution in [0.25, 0.3) is 11.0 Å². The van der Waals surface area contributed by atoms with Crippen molar-refractivity contribution >= 4 is 23.2 Å². The zero-order chi connectivity index (χ0) is 20.3. The first kappa shape index (κ1) is 19.5. The van der Waals surface area contributed by atoms with E-state index in [0.29, 0.717) is 5.75 Å². The Balaban J connectivity index is 1.72. The van der Waals surface area contributed by atoms with Gasteiger partial charge in [0.1, 0.15) is 17.8 Å². The molecule has 146 valence electrons. The molecule has 3 rings (SSSR count). The van der Waals surface area contributed by atoms with Gasteiger partial charge in [-0.15, -0.1) is 5.10 Å². The molecule has 2 aromatic carbocycles. The number of hydrazone groups is 1. The minimum atomic E-state index is -0.293. The molecular formula is C21H25N5O2. The molecule has 0 atom stereocenters. The summed E-state index contributed by atoms with van der Waals surface area (Å²) in [6.45, 7) is 8.16. The van der Waals surface area contributed by atoms with E-state index < -0.39 is 0 Å². The molecule has 0 radical (unpaired) electrons. The maximum absolute atomic E-state index is 12.2. The van der Waals surface area contributed by atoms with Crippen molar-refractivity contribution < 1.29 is 9.90 Å². The standard InChI is InChI=1S/C21H25N5O2/c1-13(2)16-9-15(10-17(14(3)4)21(16)28)11-22-24-20(27)12-26-19-8-6-5-7-18(19)23-25-26/h5-11,13-14,28H,12H2,1-4H3,(H,24,27). The van der Waals surface area contributed by atoms with Crippen LogP contribution in [0, 0.1) is 0 Å². The number of benzene rings is 2. The smallest absolute Gasteiger partial charge is 0.261 e. The van der Waals surface area contributed by atoms with E-state index in [4.69, 9.17) is 0 Å². The molecule has 1 amide bonds. The van der Waals surface area contributed by atoms with Crippen molar-refractivity contribution in [3.63, 3.8) is 0 Å². The van der Waals surface area contributed by atoms with Crippen LogP contribution < -0.4 is 5.43 Å². The summed E-state index contributed by atoms with van der Waals surface area (Å²) in [4.78, 5) is 12.2. The van der Waals surface area contributed by atoms with Crippen molar-refractivity contribution in [3.05, 3.63) is 53.1 Å². The molecule has 3 aromatic rings. The van der Waals surface area contributed by atoms with Gasteiger partial charge in [0.05, 0.1) is 11.7 Å². The Morgan fingerprint density at radius 3 is 2.46 bits per heavy atom. The second-order valence-electron chi connectivity index (χ2n) is 7.39. The van der Waals surface area contributed by atoms with Crippen molar-refractivity contribution in [2.45, 2.75) is 46.1 Å². The van der Waals surface area contributed by atoms with E-state index in [9.17, 15) is 9.90 Å². The fraction of sp³-hybridized carbons (Fsp3) is 0.333. The molecule has 2 N–H and O–H groups in total. The van der Waals surface area contributed by atoms with Crippen LogP contribution >= 0.6 is 0 Å². The average Bonchev–Trinajstić information content (AvgIpc) is 3.05. The van der Waals surface area contributed by atoms with Gasteiger partial charge in [-0.1, -0.05) is 45.0 Å². The number of carbonyl (C=O) groups is 1. The predicted octanol–water partition coefficient (Wildman–Crippen LogP) is 3.53. The number of nitrogens with zero attached hydrogens (tertiary/aromatic N) is 4. The summed E-state index contributed by atoms with van der Waals surface area (Å²) in [5.41, 5.74) is 6.63. The molecule has 0 aliphatic heterocycles. The number of aromatic hydroxyl groups is 1. The van der Waals surface area contributed by atoms with Gasteiger partial charge in [-0.3, -0.25) is 4.79 Å². The number of hydrogen-bond donors (Lipinski definition) is 2. The Hall–Kier alpha value is -3.22. The van der Waals surface area contributed by atoms with Crippen molar-refractivity contribution in [2.24, 2.45) is 5.10 Å². The Morgan fingerprint density at radius 2 is 1.82 bits per heavy atom. The first-order valence-corrected chi connectivity index (χ1v) is 9.33. The third-order valence-electron chi connectivity index (χ3n) is 4.55. The Bertz CT molecular complexity index is 992. The van der Waals surface area contributed by atoms with Gasteiger partial charge in [0.2, 0.25) is 0 Å². The predicted molar refractivity (Wildman–Crippen MR) is 110 cm³/mol. The Morgan fingerprint density at radius 1 is 1.18 bits per heavy atom. The molecule has 1 heterocycles. The SMILES string of the molecule is CC(C)c1cc(C=NNC(=O)Cn2nnc3ccccc32)cc(C(C)C)c1O. The average molecular weight is 379 g/mol. The molecular weight excluding hydrogens is 354 g/mol. The minimum Gasteiger partial charge on any atom is -0.507 e. The van der Waals surface area contributed by atoms with Crippen molar-refractivity contribution in [1.82, 2.24) is 20.4 Å². The van der Waals surface area contributed by atoms with Gasteiger partial charge in [-0.2, -0.15) is 5.10 Å². The highest BCUT2D eigenvalue weighted by atomic mass is 16.3. The van der Waals surface area contributed by atoms with Crippen LogP contribution in [0.15, 0.2) is 41.5 Å². The number of nitrogens with one attached hydrogen (secondary N) is 1. The third kappa shape index (κ3) is 4.19. The summed E-state index contributed by atoms with van der Waals surface area (Å²) >= 11 is 0. The summed E-state index contributed by atoms with van der Waals surface area (Å²) in [5, 5.41) is 22.6. The zero-order valence-electron chi connectivity index (χ0n) is 16.5. The topological polar surface area (TPSA) is 92.4 Å². The van der Waals surface area contributed by atoms with E-state index >= 15 is 0 Å². The number of phenols is 1. The monoisotopic (exact) mass is 379 g/mol. The molecule has 0 unspecified atom stereocenters. The van der Waals surface area contributed by atoms with Crippen molar-refractivity contribution in [2.75, 3.05) is 0 Å². The number of para-hydroxylation sites is 1. The third-order valence-corrected chi connectivity index (χ3v) is 4.55. The quantitative estimate of drug-likeness (QED) is 0.506. The molecule has 0 saturated carbocycles. The van der Waals surface area contributed by atoms with Crippen LogP contribution in [0.2, 0.25) is 0 Å². The first-order valence-electron chi connectivity index (χ1n) is 9.33. The van der Waals surface area contributed by atoms with E-state index in [1.807, 2.05) is 64.1 Å². The minimum absolute atomic E-state index is 0.0297. The number of aromatic nitrogens is 3. The molecule has 0 aliphatic carbocycles. The molecule has 1 aromatic heterocycles. The van der Waals surface area contributed by atoms with E-state index in [2.05, 4.69) is 20.8 Å². The van der Waals surface area contributed by atoms with Gasteiger partial charge in [0.25, 0.3) is 5.91 Å². The lowest BCUT2D eigenvalue weighted by Gasteiger charge is -2.16. The second kappa shape index (κ2) is 8.21. The van der Waals surface area contributed by atoms with Crippen LogP contribution in [-0.2, 0) is 11.3 Å². The zero-order valence-corrected chi connectivity index (χ0v) is 16.5. The lowest BCUT2D eigenvalue weighted by Crippen LogP contribution is -2.23. The number of amides is 1. The van der Waals surface area contributed by atoms with Crippen LogP contribution in [-0.4, -0.2) is 32.2 Å². The van der Waals surface area contributed by atoms with Gasteiger partial charge in [0.15, 0.2) is 0 Å². The molecule has 0 spiro atoms. The van der Waals surface area contributed by atoms with Gasteiger partial charge >= 0.3 is 0 Å². The van der Waals surface area contributed by atoms with Crippen molar-refractivity contribution in [3.8, 4) is 5.75 Å². The molecule has 0 saturated heterocycles. The van der Waals surface area contributed by atoms with Gasteiger partial charge in [-0.25, -0.2) is 10.1 Å². The number of phenolic OH excluding ortho intramolecular Hbond substituents is 1. The fourth-order valence-electron chi connectivity index (χ4n) is 3.04. The highest BCUT2D eigenvalue weighted by Crippen LogP contribution is 2.34. The lowest BCUT2D eigenvalue weighted by atomic mass is 9.92. The van der Waals surface area contributed by atoms with Crippen molar-refractivity contribution in [1.29, 1.82) is 0 Å². The molecule has 7 nitrogen and oxygen atoms in total. The summed E-state index contributed by atoms with van der Waals surface area (Å²) in [5.74, 6) is 0.408. The maximum atomic E-state index is 12.2. The largest absolute Gasteiger partial charge is 0.507 e. The number of rotatable bonds is 6. The summed E-state index contributed by atoms with van der Waals surface area (Å²) in [6.07, 6.45) is 1.59. The molecule has 0 aliphatic rings. The van der Waals surface area contributed by atoms with Gasteiger partial charge < -0.3 is 5.11 Å². The molecule has 0 fully saturated rings. The number of carbonyl (C=O) groups excluding carboxylic acids is 1. The first-order chi connectivity index (χ1) is 13.4. The Labute approximate surface area is 164 Å². The Kier molecular flexibility index (Phi) is 5.73. The van der Waals surface area contributed by atoms with Gasteiger partial charge in [-0.05, 0) is 52.8 Å². The van der Waals surface area contributed by atoms with Crippen LogP contribution in [0.4, 0.5) is 0 Å². The summed E-state index contributed by atoms with van der Waals surface area (Å²) in [7, 11) is 0. The normalized spacial score (nSPS) is 11.8. The lowest BCUT2D eigenvalue weighted by molar-refractivity contribution is -0.121. The van der Waals surface area contributed by atoms with E-state index in [0.717, 1.165) is 27.7 Å². The molecule has 7 heteroatoms. The van der Waals surface area contributed by atoms with E-state index in [1.165, 1.54) is 4.68 Å². The highest BCUT2D eigenvalue weighted by molar-refractivity contribution is 5.84. The molecule has 0 bridgehead atoms. The van der Waals surface area contributed by atoms with E-state index in [1.54, 1.807) is 6.21 Å². The number of fused-ring (bicyclic) bond motifs is 1. The van der Waals surface area contributed by atoms with E-state index in [-0.39, 0.29) is 24.3 Å². The summed E-state index contributed by atoms with van der Waals surface area (Å²) < 4.78 is 1.54. The van der Waals surface area contributed by atoms with Gasteiger partial charge in [0, 0.05) is 0 Å². The second-order valence-corrected chi connectivity index (χ2v) is 7.39. The highest BCUT2D eigenvalue weighted by Gasteiger charge is 2.14. The molecule has 28 heavy (non-hydrogen) atoms. The van der Waals surface area contributed by atoms with Crippen LogP contribution in [0.3, 0.4) is 0 Å². The van der Waals surface area contributed by atoms with Crippen LogP contribution in [0.1, 0.15) is 56.2 Å². The number of hydrogen-bond acceptors (Lipinski definition) is 5. The maximum Gasteiger partial charge on any atom is 0.261 e. The summed E-state index contributed by atoms with van der Waals surface area (Å²) in [6, 6.07) is 11.3. The van der Waals surface area contributed by atoms with Crippen LogP contribution in [0.5, 0.6) is 5.75 Å².